The largest absolute Gasteiger partial charge is 0.522 e. The molecule has 1 fully saturated rings. The number of alkyl halides is 3. The van der Waals surface area contributed by atoms with Crippen LogP contribution in [0.25, 0.3) is 0 Å². The zero-order valence-corrected chi connectivity index (χ0v) is 18.8. The summed E-state index contributed by atoms with van der Waals surface area (Å²) in [5.74, 6) is -3.71. The summed E-state index contributed by atoms with van der Waals surface area (Å²) < 4.78 is 81.7. The maximum Gasteiger partial charge on any atom is 0.522 e. The predicted molar refractivity (Wildman–Crippen MR) is 115 cm³/mol. The van der Waals surface area contributed by atoms with E-state index >= 15 is 0 Å². The molecule has 3 heterocycles. The van der Waals surface area contributed by atoms with Crippen LogP contribution in [0, 0.1) is 17.5 Å². The Bertz CT molecular complexity index is 1190. The standard InChI is InChI=1S/C21H19F6N7O3/c22-12-5-11(6-13(23)7-12)16-1-2-31-34(16)20(36)29-4-3-28-19-30-8-15(24)17(32-19)18(35)33-9-14(10-33)37-21(25,26)27/h2,5-8,14,16H,1,3-4,9-10H2,(H,29,36)(H,28,30,32)/t16-/m0/s1. The van der Waals surface area contributed by atoms with Crippen molar-refractivity contribution in [3.63, 3.8) is 0 Å². The Hall–Kier alpha value is -3.95. The zero-order valence-electron chi connectivity index (χ0n) is 18.8. The highest BCUT2D eigenvalue weighted by atomic mass is 19.4. The third kappa shape index (κ3) is 6.44. The number of nitrogens with one attached hydrogen (secondary N) is 2. The topological polar surface area (TPSA) is 112 Å². The van der Waals surface area contributed by atoms with Gasteiger partial charge in [0.15, 0.2) is 11.5 Å². The van der Waals surface area contributed by atoms with Gasteiger partial charge in [0, 0.05) is 44.9 Å². The summed E-state index contributed by atoms with van der Waals surface area (Å²) in [7, 11) is 0. The van der Waals surface area contributed by atoms with E-state index in [1.807, 2.05) is 0 Å². The molecule has 0 unspecified atom stereocenters. The normalized spacial score (nSPS) is 17.6. The Balaban J connectivity index is 1.27. The monoisotopic (exact) mass is 531 g/mol. The number of nitrogens with zero attached hydrogens (tertiary/aromatic N) is 5. The summed E-state index contributed by atoms with van der Waals surface area (Å²) in [5, 5.41) is 10.2. The second-order valence-corrected chi connectivity index (χ2v) is 8.04. The van der Waals surface area contributed by atoms with Crippen LogP contribution in [0.5, 0.6) is 0 Å². The van der Waals surface area contributed by atoms with Crippen molar-refractivity contribution in [1.29, 1.82) is 0 Å². The molecule has 4 rings (SSSR count). The third-order valence-electron chi connectivity index (χ3n) is 5.37. The van der Waals surface area contributed by atoms with Crippen LogP contribution in [0.15, 0.2) is 29.5 Å². The Labute approximate surface area is 205 Å². The average molecular weight is 531 g/mol. The number of rotatable bonds is 7. The van der Waals surface area contributed by atoms with Crippen LogP contribution in [0.1, 0.15) is 28.5 Å². The maximum absolute atomic E-state index is 14.1. The first-order valence-corrected chi connectivity index (χ1v) is 10.9. The minimum Gasteiger partial charge on any atom is -0.352 e. The summed E-state index contributed by atoms with van der Waals surface area (Å²) in [4.78, 5) is 33.3. The first-order valence-electron chi connectivity index (χ1n) is 10.9. The van der Waals surface area contributed by atoms with Gasteiger partial charge in [0.05, 0.1) is 12.2 Å². The van der Waals surface area contributed by atoms with Crippen LogP contribution in [-0.2, 0) is 4.74 Å². The van der Waals surface area contributed by atoms with Crippen molar-refractivity contribution in [3.05, 3.63) is 53.1 Å². The Morgan fingerprint density at radius 2 is 1.78 bits per heavy atom. The second-order valence-electron chi connectivity index (χ2n) is 8.04. The van der Waals surface area contributed by atoms with Gasteiger partial charge in [-0.25, -0.2) is 32.9 Å². The number of benzene rings is 1. The maximum atomic E-state index is 14.1. The van der Waals surface area contributed by atoms with Crippen molar-refractivity contribution in [2.24, 2.45) is 5.10 Å². The molecular weight excluding hydrogens is 512 g/mol. The summed E-state index contributed by atoms with van der Waals surface area (Å²) in [6.45, 7) is -0.716. The van der Waals surface area contributed by atoms with Crippen molar-refractivity contribution >= 4 is 24.1 Å². The highest BCUT2D eigenvalue weighted by Crippen LogP contribution is 2.29. The highest BCUT2D eigenvalue weighted by Gasteiger charge is 2.41. The summed E-state index contributed by atoms with van der Waals surface area (Å²) in [6.07, 6.45) is -3.66. The lowest BCUT2D eigenvalue weighted by atomic mass is 10.0. The summed E-state index contributed by atoms with van der Waals surface area (Å²) in [6, 6.07) is 1.59. The highest BCUT2D eigenvalue weighted by molar-refractivity contribution is 5.93. The number of likely N-dealkylation sites (tertiary alicyclic amines) is 1. The van der Waals surface area contributed by atoms with E-state index in [1.54, 1.807) is 0 Å². The number of carbonyl (C=O) groups is 2. The van der Waals surface area contributed by atoms with Crippen molar-refractivity contribution in [3.8, 4) is 0 Å². The van der Waals surface area contributed by atoms with Gasteiger partial charge in [-0.1, -0.05) is 0 Å². The smallest absolute Gasteiger partial charge is 0.352 e. The summed E-state index contributed by atoms with van der Waals surface area (Å²) in [5.41, 5.74) is -0.401. The van der Waals surface area contributed by atoms with E-state index in [0.29, 0.717) is 6.07 Å². The number of urea groups is 1. The molecule has 16 heteroatoms. The van der Waals surface area contributed by atoms with Gasteiger partial charge in [0.2, 0.25) is 5.95 Å². The lowest BCUT2D eigenvalue weighted by Crippen LogP contribution is -2.56. The van der Waals surface area contributed by atoms with Crippen molar-refractivity contribution in [2.45, 2.75) is 24.9 Å². The number of aromatic nitrogens is 2. The van der Waals surface area contributed by atoms with Gasteiger partial charge in [-0.15, -0.1) is 13.2 Å². The Morgan fingerprint density at radius 3 is 2.46 bits per heavy atom. The van der Waals surface area contributed by atoms with Crippen molar-refractivity contribution < 1.29 is 40.7 Å². The van der Waals surface area contributed by atoms with Crippen LogP contribution in [0.2, 0.25) is 0 Å². The Morgan fingerprint density at radius 1 is 1.08 bits per heavy atom. The van der Waals surface area contributed by atoms with E-state index in [1.165, 1.54) is 6.21 Å². The molecule has 0 saturated carbocycles. The number of carbonyl (C=O) groups excluding carboxylic acids is 2. The molecular formula is C21H19F6N7O3. The van der Waals surface area contributed by atoms with E-state index in [0.717, 1.165) is 28.2 Å². The molecule has 1 aromatic carbocycles. The van der Waals surface area contributed by atoms with Crippen LogP contribution in [0.3, 0.4) is 0 Å². The predicted octanol–water partition coefficient (Wildman–Crippen LogP) is 2.81. The number of hydrogen-bond acceptors (Lipinski definition) is 7. The molecule has 0 aliphatic carbocycles. The molecule has 2 aromatic rings. The number of anilines is 1. The minimum absolute atomic E-state index is 0.00167. The molecule has 0 bridgehead atoms. The second kappa shape index (κ2) is 10.6. The van der Waals surface area contributed by atoms with Crippen LogP contribution >= 0.6 is 0 Å². The van der Waals surface area contributed by atoms with Crippen molar-refractivity contribution in [1.82, 2.24) is 25.2 Å². The fraction of sp³-hybridized carbons (Fsp3) is 0.381. The molecule has 2 N–H and O–H groups in total. The Kier molecular flexibility index (Phi) is 7.47. The minimum atomic E-state index is -4.84. The van der Waals surface area contributed by atoms with Gasteiger partial charge < -0.3 is 15.5 Å². The number of hydrogen-bond donors (Lipinski definition) is 2. The molecule has 3 amide bonds. The first-order chi connectivity index (χ1) is 17.5. The molecule has 2 aliphatic rings. The van der Waals surface area contributed by atoms with Crippen LogP contribution in [0.4, 0.5) is 37.1 Å². The third-order valence-corrected chi connectivity index (χ3v) is 5.37. The zero-order chi connectivity index (χ0) is 26.7. The van der Waals surface area contributed by atoms with E-state index < -0.39 is 53.6 Å². The molecule has 198 valence electrons. The molecule has 1 saturated heterocycles. The number of ether oxygens (including phenoxy) is 1. The van der Waals surface area contributed by atoms with Gasteiger partial charge in [-0.05, 0) is 17.7 Å². The first kappa shape index (κ1) is 26.1. The van der Waals surface area contributed by atoms with Crippen LogP contribution in [-0.4, -0.2) is 76.7 Å². The van der Waals surface area contributed by atoms with E-state index in [2.05, 4.69) is 30.4 Å². The quantitative estimate of drug-likeness (QED) is 0.420. The SMILES string of the molecule is O=C(c1nc(NCCNC(=O)N2N=CC[C@H]2c2cc(F)cc(F)c2)ncc1F)N1CC(OC(F)(F)F)C1. The molecule has 2 aliphatic heterocycles. The van der Waals surface area contributed by atoms with Gasteiger partial charge in [0.1, 0.15) is 17.7 Å². The number of hydrazone groups is 1. The lowest BCUT2D eigenvalue weighted by Gasteiger charge is -2.38. The molecule has 0 radical (unpaired) electrons. The van der Waals surface area contributed by atoms with Crippen molar-refractivity contribution in [2.75, 3.05) is 31.5 Å². The molecule has 0 spiro atoms. The van der Waals surface area contributed by atoms with E-state index in [-0.39, 0.29) is 44.1 Å². The fourth-order valence-electron chi connectivity index (χ4n) is 3.70. The molecule has 37 heavy (non-hydrogen) atoms. The summed E-state index contributed by atoms with van der Waals surface area (Å²) >= 11 is 0. The molecule has 10 nitrogen and oxygen atoms in total. The molecule has 1 aromatic heterocycles. The average Bonchev–Trinajstić information content (AvgIpc) is 3.28. The van der Waals surface area contributed by atoms with Crippen LogP contribution < -0.4 is 10.6 Å². The van der Waals surface area contributed by atoms with Gasteiger partial charge in [-0.3, -0.25) is 9.53 Å². The van der Waals surface area contributed by atoms with E-state index in [9.17, 15) is 35.9 Å². The fourth-order valence-corrected chi connectivity index (χ4v) is 3.70. The van der Waals surface area contributed by atoms with E-state index in [4.69, 9.17) is 0 Å². The number of halogens is 6. The van der Waals surface area contributed by atoms with Gasteiger partial charge >= 0.3 is 12.4 Å². The lowest BCUT2D eigenvalue weighted by molar-refractivity contribution is -0.352. The number of amides is 3. The molecule has 1 atom stereocenters. The van der Waals surface area contributed by atoms with Gasteiger partial charge in [0.25, 0.3) is 5.91 Å². The van der Waals surface area contributed by atoms with Gasteiger partial charge in [-0.2, -0.15) is 5.10 Å².